The van der Waals surface area contributed by atoms with Crippen LogP contribution in [0.1, 0.15) is 34.7 Å². The Bertz CT molecular complexity index is 673. The van der Waals surface area contributed by atoms with Crippen LogP contribution in [0.2, 0.25) is 0 Å². The van der Waals surface area contributed by atoms with Crippen molar-refractivity contribution in [3.63, 3.8) is 0 Å². The van der Waals surface area contributed by atoms with Gasteiger partial charge in [-0.1, -0.05) is 0 Å². The predicted octanol–water partition coefficient (Wildman–Crippen LogP) is 2.01. The summed E-state index contributed by atoms with van der Waals surface area (Å²) in [6, 6.07) is 0. The summed E-state index contributed by atoms with van der Waals surface area (Å²) in [5, 5.41) is 4.32. The molecule has 1 aliphatic rings. The van der Waals surface area contributed by atoms with E-state index in [1.54, 1.807) is 4.68 Å². The average Bonchev–Trinajstić information content (AvgIpc) is 3.08. The average molecular weight is 400 g/mol. The largest absolute Gasteiger partial charge is 0.463 e. The van der Waals surface area contributed by atoms with Gasteiger partial charge in [-0.25, -0.2) is 9.78 Å². The Morgan fingerprint density at radius 3 is 2.81 bits per heavy atom. The van der Waals surface area contributed by atoms with Crippen molar-refractivity contribution in [3.8, 4) is 0 Å². The molecule has 1 aliphatic carbocycles. The van der Waals surface area contributed by atoms with E-state index < -0.39 is 5.97 Å². The van der Waals surface area contributed by atoms with Gasteiger partial charge >= 0.3 is 5.97 Å². The monoisotopic (exact) mass is 400 g/mol. The molecule has 1 saturated carbocycles. The van der Waals surface area contributed by atoms with Crippen LogP contribution >= 0.6 is 22.6 Å². The van der Waals surface area contributed by atoms with Gasteiger partial charge in [0.2, 0.25) is 5.82 Å². The van der Waals surface area contributed by atoms with Gasteiger partial charge in [0.05, 0.1) is 19.3 Å². The van der Waals surface area contributed by atoms with Crippen molar-refractivity contribution in [1.29, 1.82) is 0 Å². The van der Waals surface area contributed by atoms with Gasteiger partial charge in [-0.15, -0.1) is 0 Å². The van der Waals surface area contributed by atoms with Crippen molar-refractivity contribution in [2.24, 2.45) is 13.0 Å². The molecule has 0 amide bonds. The van der Waals surface area contributed by atoms with E-state index in [0.29, 0.717) is 12.4 Å². The summed E-state index contributed by atoms with van der Waals surface area (Å²) in [6.07, 6.45) is 7.40. The number of aryl methyl sites for hydroxylation is 1. The maximum Gasteiger partial charge on any atom is 0.374 e. The fourth-order valence-electron chi connectivity index (χ4n) is 2.36. The molecule has 2 heterocycles. The molecule has 0 N–H and O–H groups in total. The third-order valence-electron chi connectivity index (χ3n) is 3.58. The molecule has 0 radical (unpaired) electrons. The number of carbonyl (C=O) groups is 1. The van der Waals surface area contributed by atoms with Gasteiger partial charge in [0, 0.05) is 25.0 Å². The Morgan fingerprint density at radius 1 is 1.48 bits per heavy atom. The lowest BCUT2D eigenvalue weighted by Gasteiger charge is -2.04. The van der Waals surface area contributed by atoms with Crippen LogP contribution in [0, 0.1) is 9.62 Å². The van der Waals surface area contributed by atoms with E-state index in [1.165, 1.54) is 20.0 Å². The Morgan fingerprint density at radius 2 is 2.24 bits per heavy atom. The smallest absolute Gasteiger partial charge is 0.374 e. The molecular formula is C14H17IN4O2. The van der Waals surface area contributed by atoms with Crippen LogP contribution in [0.25, 0.3) is 0 Å². The van der Waals surface area contributed by atoms with Gasteiger partial charge in [0.1, 0.15) is 3.70 Å². The number of halogens is 1. The van der Waals surface area contributed by atoms with Crippen molar-refractivity contribution in [2.45, 2.75) is 25.8 Å². The zero-order valence-electron chi connectivity index (χ0n) is 12.0. The van der Waals surface area contributed by atoms with E-state index in [4.69, 9.17) is 4.74 Å². The van der Waals surface area contributed by atoms with Gasteiger partial charge in [-0.3, -0.25) is 4.68 Å². The summed E-state index contributed by atoms with van der Waals surface area (Å²) < 4.78 is 9.41. The highest BCUT2D eigenvalue weighted by Crippen LogP contribution is 2.32. The molecule has 0 aliphatic heterocycles. The normalized spacial score (nSPS) is 14.4. The summed E-state index contributed by atoms with van der Waals surface area (Å²) >= 11 is 2.20. The van der Waals surface area contributed by atoms with Crippen LogP contribution in [0.3, 0.4) is 0 Å². The summed E-state index contributed by atoms with van der Waals surface area (Å²) in [5.41, 5.74) is 2.04. The number of imidazole rings is 1. The van der Waals surface area contributed by atoms with Gasteiger partial charge in [0.25, 0.3) is 0 Å². The van der Waals surface area contributed by atoms with E-state index in [2.05, 4.69) is 32.7 Å². The quantitative estimate of drug-likeness (QED) is 0.569. The first-order valence-corrected chi connectivity index (χ1v) is 7.97. The summed E-state index contributed by atoms with van der Waals surface area (Å²) in [6.45, 7) is 0.578. The first-order chi connectivity index (χ1) is 10.1. The molecule has 21 heavy (non-hydrogen) atoms. The molecule has 0 atom stereocenters. The number of esters is 1. The van der Waals surface area contributed by atoms with Crippen molar-refractivity contribution in [1.82, 2.24) is 19.3 Å². The zero-order valence-corrected chi connectivity index (χ0v) is 14.2. The molecule has 2 aromatic heterocycles. The number of carbonyl (C=O) groups excluding carboxylic acids is 1. The lowest BCUT2D eigenvalue weighted by Crippen LogP contribution is -2.12. The van der Waals surface area contributed by atoms with Crippen molar-refractivity contribution < 1.29 is 9.53 Å². The van der Waals surface area contributed by atoms with Crippen LogP contribution in [0.15, 0.2) is 12.4 Å². The number of aromatic nitrogens is 4. The second-order valence-electron chi connectivity index (χ2n) is 5.44. The maximum atomic E-state index is 11.9. The molecule has 2 aromatic rings. The van der Waals surface area contributed by atoms with Gasteiger partial charge in [0.15, 0.2) is 0 Å². The lowest BCUT2D eigenvalue weighted by atomic mass is 10.2. The molecule has 6 nitrogen and oxygen atoms in total. The number of hydrogen-bond donors (Lipinski definition) is 0. The minimum atomic E-state index is -0.393. The zero-order chi connectivity index (χ0) is 15.0. The summed E-state index contributed by atoms with van der Waals surface area (Å²) in [7, 11) is 3.27. The van der Waals surface area contributed by atoms with Crippen LogP contribution < -0.4 is 0 Å². The van der Waals surface area contributed by atoms with Gasteiger partial charge < -0.3 is 9.30 Å². The highest BCUT2D eigenvalue weighted by atomic mass is 127. The van der Waals surface area contributed by atoms with Crippen LogP contribution in [0.5, 0.6) is 0 Å². The second-order valence-corrected chi connectivity index (χ2v) is 6.46. The Hall–Kier alpha value is -1.38. The molecule has 3 rings (SSSR count). The van der Waals surface area contributed by atoms with E-state index in [-0.39, 0.29) is 0 Å². The van der Waals surface area contributed by atoms with Crippen molar-refractivity contribution in [3.05, 3.63) is 33.2 Å². The fourth-order valence-corrected chi connectivity index (χ4v) is 3.01. The lowest BCUT2D eigenvalue weighted by molar-refractivity contribution is 0.0581. The highest BCUT2D eigenvalue weighted by Gasteiger charge is 2.25. The summed E-state index contributed by atoms with van der Waals surface area (Å²) in [5.74, 6) is 0.709. The Balaban J connectivity index is 1.89. The minimum Gasteiger partial charge on any atom is -0.463 e. The molecule has 112 valence electrons. The molecular weight excluding hydrogens is 383 g/mol. The fraction of sp³-hybridized carbons (Fsp3) is 0.500. The SMILES string of the molecule is COC(=O)c1nc(CC2CC2)cn1Cc1cn(C)nc1I. The Kier molecular flexibility index (Phi) is 4.01. The number of ether oxygens (including phenoxy) is 1. The minimum absolute atomic E-state index is 0.368. The van der Waals surface area contributed by atoms with Crippen molar-refractivity contribution in [2.75, 3.05) is 7.11 Å². The van der Waals surface area contributed by atoms with Crippen LogP contribution in [-0.2, 0) is 24.8 Å². The number of methoxy groups -OCH3 is 1. The topological polar surface area (TPSA) is 61.9 Å². The van der Waals surface area contributed by atoms with E-state index in [0.717, 1.165) is 27.3 Å². The molecule has 1 fully saturated rings. The summed E-state index contributed by atoms with van der Waals surface area (Å²) in [4.78, 5) is 16.4. The molecule has 7 heteroatoms. The van der Waals surface area contributed by atoms with E-state index in [1.807, 2.05) is 24.0 Å². The number of rotatable bonds is 5. The number of hydrogen-bond acceptors (Lipinski definition) is 4. The first-order valence-electron chi connectivity index (χ1n) is 6.89. The third-order valence-corrected chi connectivity index (χ3v) is 4.49. The number of nitrogens with zero attached hydrogens (tertiary/aromatic N) is 4. The molecule has 0 spiro atoms. The highest BCUT2D eigenvalue weighted by molar-refractivity contribution is 14.1. The molecule has 0 unspecified atom stereocenters. The van der Waals surface area contributed by atoms with Crippen molar-refractivity contribution >= 4 is 28.6 Å². The third kappa shape index (κ3) is 3.28. The maximum absolute atomic E-state index is 11.9. The second kappa shape index (κ2) is 5.78. The molecule has 0 aromatic carbocycles. The van der Waals surface area contributed by atoms with Gasteiger partial charge in [-0.05, 0) is 47.8 Å². The standard InChI is InChI=1S/C14H17IN4O2/c1-18-6-10(12(15)17-18)7-19-8-11(5-9-3-4-9)16-13(19)14(20)21-2/h6,8-9H,3-5,7H2,1-2H3. The molecule has 0 bridgehead atoms. The van der Waals surface area contributed by atoms with E-state index >= 15 is 0 Å². The van der Waals surface area contributed by atoms with Gasteiger partial charge in [-0.2, -0.15) is 5.10 Å². The van der Waals surface area contributed by atoms with Crippen LogP contribution in [0.4, 0.5) is 0 Å². The first kappa shape index (κ1) is 14.6. The predicted molar refractivity (Wildman–Crippen MR) is 85.0 cm³/mol. The Labute approximate surface area is 136 Å². The van der Waals surface area contributed by atoms with E-state index in [9.17, 15) is 4.79 Å². The molecule has 0 saturated heterocycles. The van der Waals surface area contributed by atoms with Crippen LogP contribution in [-0.4, -0.2) is 32.4 Å².